The van der Waals surface area contributed by atoms with Crippen LogP contribution in [-0.2, 0) is 13.6 Å². The fourth-order valence-corrected chi connectivity index (χ4v) is 3.99. The topological polar surface area (TPSA) is 35.5 Å². The number of rotatable bonds is 7. The maximum Gasteiger partial charge on any atom is 0.335 e. The van der Waals surface area contributed by atoms with Gasteiger partial charge in [0.25, 0.3) is 0 Å². The van der Waals surface area contributed by atoms with Gasteiger partial charge in [0.15, 0.2) is 0 Å². The summed E-state index contributed by atoms with van der Waals surface area (Å²) in [6, 6.07) is 7.98. The van der Waals surface area contributed by atoms with Gasteiger partial charge in [-0.15, -0.1) is 0 Å². The van der Waals surface area contributed by atoms with Crippen LogP contribution in [0.2, 0.25) is 0 Å². The third-order valence-corrected chi connectivity index (χ3v) is 4.84. The van der Waals surface area contributed by atoms with Crippen molar-refractivity contribution in [3.63, 3.8) is 0 Å². The maximum absolute atomic E-state index is 12.8. The van der Waals surface area contributed by atoms with Crippen molar-refractivity contribution >= 4 is 13.2 Å². The summed E-state index contributed by atoms with van der Waals surface area (Å²) in [4.78, 5) is 0. The highest BCUT2D eigenvalue weighted by molar-refractivity contribution is 7.54. The van der Waals surface area contributed by atoms with E-state index in [4.69, 9.17) is 9.05 Å². The second kappa shape index (κ2) is 7.21. The molecular weight excluding hydrogens is 271 g/mol. The highest BCUT2D eigenvalue weighted by atomic mass is 31.2. The van der Waals surface area contributed by atoms with Crippen LogP contribution in [0.1, 0.15) is 38.8 Å². The van der Waals surface area contributed by atoms with Gasteiger partial charge in [-0.3, -0.25) is 4.57 Å². The zero-order valence-electron chi connectivity index (χ0n) is 13.1. The van der Waals surface area contributed by atoms with Gasteiger partial charge in [-0.05, 0) is 45.8 Å². The zero-order chi connectivity index (χ0) is 15.3. The van der Waals surface area contributed by atoms with Gasteiger partial charge in [-0.1, -0.05) is 36.4 Å². The zero-order valence-corrected chi connectivity index (χ0v) is 13.9. The molecule has 0 aliphatic carbocycles. The molecule has 0 radical (unpaired) electrons. The summed E-state index contributed by atoms with van der Waals surface area (Å²) >= 11 is 0. The summed E-state index contributed by atoms with van der Waals surface area (Å²) in [5, 5.41) is 0. The van der Waals surface area contributed by atoms with Crippen LogP contribution in [0.5, 0.6) is 0 Å². The Kier molecular flexibility index (Phi) is 6.19. The molecule has 0 fully saturated rings. The van der Waals surface area contributed by atoms with Crippen LogP contribution in [0, 0.1) is 6.92 Å². The van der Waals surface area contributed by atoms with Crippen molar-refractivity contribution in [2.24, 2.45) is 0 Å². The fourth-order valence-electron chi connectivity index (χ4n) is 1.86. The van der Waals surface area contributed by atoms with E-state index in [0.29, 0.717) is 0 Å². The van der Waals surface area contributed by atoms with Gasteiger partial charge < -0.3 is 9.05 Å². The van der Waals surface area contributed by atoms with Crippen LogP contribution < -0.4 is 0 Å². The van der Waals surface area contributed by atoms with Crippen molar-refractivity contribution in [3.8, 4) is 0 Å². The summed E-state index contributed by atoms with van der Waals surface area (Å²) in [6.07, 6.45) is -0.0809. The first kappa shape index (κ1) is 17.2. The smallest absolute Gasteiger partial charge is 0.306 e. The van der Waals surface area contributed by atoms with E-state index in [1.54, 1.807) is 0 Å². The van der Waals surface area contributed by atoms with Gasteiger partial charge in [0.2, 0.25) is 0 Å². The van der Waals surface area contributed by atoms with E-state index < -0.39 is 7.60 Å². The standard InChI is InChI=1S/C16H25O3P/c1-12(2)18-20(17,19-13(3)4)11-15(6)16-9-7-14(5)8-10-16/h7-10,12-13H,6,11H2,1-5H3. The molecule has 0 N–H and O–H groups in total. The molecular formula is C16H25O3P. The molecule has 0 saturated carbocycles. The minimum absolute atomic E-state index is 0.148. The molecule has 0 heterocycles. The van der Waals surface area contributed by atoms with Crippen molar-refractivity contribution in [3.05, 3.63) is 42.0 Å². The molecule has 0 saturated heterocycles. The first-order valence-electron chi connectivity index (χ1n) is 6.92. The molecule has 3 nitrogen and oxygen atoms in total. The number of hydrogen-bond acceptors (Lipinski definition) is 3. The van der Waals surface area contributed by atoms with Crippen LogP contribution in [0.25, 0.3) is 5.57 Å². The number of hydrogen-bond donors (Lipinski definition) is 0. The third-order valence-electron chi connectivity index (χ3n) is 2.59. The van der Waals surface area contributed by atoms with E-state index in [1.165, 1.54) is 5.56 Å². The van der Waals surface area contributed by atoms with Gasteiger partial charge in [-0.2, -0.15) is 0 Å². The lowest BCUT2D eigenvalue weighted by molar-refractivity contribution is 0.144. The minimum atomic E-state index is -3.16. The normalized spacial score (nSPS) is 12.2. The Balaban J connectivity index is 2.86. The molecule has 0 spiro atoms. The lowest BCUT2D eigenvalue weighted by Gasteiger charge is -2.23. The molecule has 1 rings (SSSR count). The largest absolute Gasteiger partial charge is 0.335 e. The van der Waals surface area contributed by atoms with Gasteiger partial charge in [-0.25, -0.2) is 0 Å². The molecule has 1 aromatic rings. The Morgan fingerprint density at radius 1 is 1.10 bits per heavy atom. The molecule has 0 bridgehead atoms. The number of aryl methyl sites for hydroxylation is 1. The Hall–Kier alpha value is -0.890. The van der Waals surface area contributed by atoms with Crippen LogP contribution in [-0.4, -0.2) is 18.4 Å². The van der Waals surface area contributed by atoms with Crippen molar-refractivity contribution < 1.29 is 13.6 Å². The SMILES string of the molecule is C=C(CP(=O)(OC(C)C)OC(C)C)c1ccc(C)cc1. The number of benzene rings is 1. The van der Waals surface area contributed by atoms with E-state index in [0.717, 1.165) is 11.1 Å². The van der Waals surface area contributed by atoms with Crippen LogP contribution in [0.4, 0.5) is 0 Å². The van der Waals surface area contributed by atoms with Gasteiger partial charge in [0, 0.05) is 0 Å². The van der Waals surface area contributed by atoms with Crippen LogP contribution >= 0.6 is 7.60 Å². The third kappa shape index (κ3) is 5.62. The first-order chi connectivity index (χ1) is 9.22. The van der Waals surface area contributed by atoms with E-state index in [-0.39, 0.29) is 18.4 Å². The lowest BCUT2D eigenvalue weighted by atomic mass is 10.1. The molecule has 20 heavy (non-hydrogen) atoms. The highest BCUT2D eigenvalue weighted by Crippen LogP contribution is 2.52. The van der Waals surface area contributed by atoms with Gasteiger partial charge in [0.05, 0.1) is 18.4 Å². The summed E-state index contributed by atoms with van der Waals surface area (Å²) in [5.74, 6) is 0. The molecule has 0 aliphatic rings. The molecule has 112 valence electrons. The Bertz CT molecular complexity index is 475. The Labute approximate surface area is 122 Å². The molecule has 0 atom stereocenters. The molecule has 0 aliphatic heterocycles. The van der Waals surface area contributed by atoms with Gasteiger partial charge in [0.1, 0.15) is 0 Å². The first-order valence-corrected chi connectivity index (χ1v) is 8.65. The van der Waals surface area contributed by atoms with Crippen LogP contribution in [0.15, 0.2) is 30.8 Å². The molecule has 0 amide bonds. The maximum atomic E-state index is 12.8. The van der Waals surface area contributed by atoms with E-state index in [2.05, 4.69) is 6.58 Å². The van der Waals surface area contributed by atoms with Crippen molar-refractivity contribution in [2.45, 2.75) is 46.8 Å². The second-order valence-electron chi connectivity index (χ2n) is 5.55. The van der Waals surface area contributed by atoms with Crippen molar-refractivity contribution in [1.29, 1.82) is 0 Å². The lowest BCUT2D eigenvalue weighted by Crippen LogP contribution is -2.10. The van der Waals surface area contributed by atoms with Gasteiger partial charge >= 0.3 is 7.60 Å². The Morgan fingerprint density at radius 2 is 1.55 bits per heavy atom. The summed E-state index contributed by atoms with van der Waals surface area (Å²) < 4.78 is 23.9. The monoisotopic (exact) mass is 296 g/mol. The van der Waals surface area contributed by atoms with E-state index in [1.807, 2.05) is 58.9 Å². The van der Waals surface area contributed by atoms with Crippen molar-refractivity contribution in [2.75, 3.05) is 6.16 Å². The molecule has 0 aromatic heterocycles. The molecule has 1 aromatic carbocycles. The minimum Gasteiger partial charge on any atom is -0.306 e. The second-order valence-corrected chi connectivity index (χ2v) is 7.51. The highest BCUT2D eigenvalue weighted by Gasteiger charge is 2.28. The average Bonchev–Trinajstić information content (AvgIpc) is 2.26. The van der Waals surface area contributed by atoms with Crippen molar-refractivity contribution in [1.82, 2.24) is 0 Å². The quantitative estimate of drug-likeness (QED) is 0.660. The Morgan fingerprint density at radius 3 is 1.95 bits per heavy atom. The predicted molar refractivity (Wildman–Crippen MR) is 85.1 cm³/mol. The summed E-state index contributed by atoms with van der Waals surface area (Å²) in [5.41, 5.74) is 2.92. The van der Waals surface area contributed by atoms with E-state index in [9.17, 15) is 4.57 Å². The molecule has 0 unspecified atom stereocenters. The fraction of sp³-hybridized carbons (Fsp3) is 0.500. The predicted octanol–water partition coefficient (Wildman–Crippen LogP) is 5.05. The molecule has 4 heteroatoms. The van der Waals surface area contributed by atoms with E-state index >= 15 is 0 Å². The summed E-state index contributed by atoms with van der Waals surface area (Å²) in [7, 11) is -3.16. The summed E-state index contributed by atoms with van der Waals surface area (Å²) in [6.45, 7) is 13.5. The van der Waals surface area contributed by atoms with Crippen LogP contribution in [0.3, 0.4) is 0 Å². The average molecular weight is 296 g/mol. The number of allylic oxidation sites excluding steroid dienone is 1.